The van der Waals surface area contributed by atoms with Crippen LogP contribution in [0.15, 0.2) is 18.2 Å². The summed E-state index contributed by atoms with van der Waals surface area (Å²) in [6.07, 6.45) is 2.42. The first-order valence-corrected chi connectivity index (χ1v) is 8.43. The SMILES string of the molecule is COCCN(C)CCNC(=O)c1cc(C)ccc1N1CCCC1. The third-order valence-electron chi connectivity index (χ3n) is 4.30. The van der Waals surface area contributed by atoms with E-state index in [0.717, 1.165) is 43.0 Å². The molecule has 0 aliphatic carbocycles. The molecule has 0 saturated carbocycles. The molecule has 1 saturated heterocycles. The molecule has 1 amide bonds. The zero-order valence-electron chi connectivity index (χ0n) is 14.6. The van der Waals surface area contributed by atoms with Crippen molar-refractivity contribution in [3.63, 3.8) is 0 Å². The van der Waals surface area contributed by atoms with E-state index in [0.29, 0.717) is 13.2 Å². The van der Waals surface area contributed by atoms with Crippen molar-refractivity contribution in [1.82, 2.24) is 10.2 Å². The number of carbonyl (C=O) groups excluding carboxylic acids is 1. The molecule has 1 aliphatic rings. The topological polar surface area (TPSA) is 44.8 Å². The van der Waals surface area contributed by atoms with E-state index in [9.17, 15) is 4.79 Å². The second-order valence-corrected chi connectivity index (χ2v) is 6.27. The lowest BCUT2D eigenvalue weighted by molar-refractivity contribution is 0.0948. The minimum absolute atomic E-state index is 0.0238. The smallest absolute Gasteiger partial charge is 0.253 e. The number of rotatable bonds is 8. The Bertz CT molecular complexity index is 513. The summed E-state index contributed by atoms with van der Waals surface area (Å²) in [7, 11) is 3.74. The highest BCUT2D eigenvalue weighted by Crippen LogP contribution is 2.25. The first-order chi connectivity index (χ1) is 11.1. The summed E-state index contributed by atoms with van der Waals surface area (Å²) in [5.41, 5.74) is 2.99. The van der Waals surface area contributed by atoms with Crippen molar-refractivity contribution < 1.29 is 9.53 Å². The third-order valence-corrected chi connectivity index (χ3v) is 4.30. The maximum atomic E-state index is 12.6. The average molecular weight is 319 g/mol. The van der Waals surface area contributed by atoms with Crippen molar-refractivity contribution in [2.45, 2.75) is 19.8 Å². The van der Waals surface area contributed by atoms with Crippen molar-refractivity contribution in [1.29, 1.82) is 0 Å². The Morgan fingerprint density at radius 2 is 2.04 bits per heavy atom. The van der Waals surface area contributed by atoms with Crippen LogP contribution >= 0.6 is 0 Å². The van der Waals surface area contributed by atoms with Gasteiger partial charge in [0.1, 0.15) is 0 Å². The van der Waals surface area contributed by atoms with Gasteiger partial charge in [-0.05, 0) is 38.9 Å². The van der Waals surface area contributed by atoms with Gasteiger partial charge in [0.15, 0.2) is 0 Å². The predicted molar refractivity (Wildman–Crippen MR) is 94.3 cm³/mol. The monoisotopic (exact) mass is 319 g/mol. The van der Waals surface area contributed by atoms with Crippen LogP contribution < -0.4 is 10.2 Å². The number of ether oxygens (including phenoxy) is 1. The minimum Gasteiger partial charge on any atom is -0.383 e. The Balaban J connectivity index is 1.94. The summed E-state index contributed by atoms with van der Waals surface area (Å²) >= 11 is 0. The van der Waals surface area contributed by atoms with Gasteiger partial charge in [-0.25, -0.2) is 0 Å². The van der Waals surface area contributed by atoms with E-state index < -0.39 is 0 Å². The highest BCUT2D eigenvalue weighted by molar-refractivity contribution is 6.00. The van der Waals surface area contributed by atoms with E-state index in [1.807, 2.05) is 20.0 Å². The molecule has 5 nitrogen and oxygen atoms in total. The molecule has 0 radical (unpaired) electrons. The Hall–Kier alpha value is -1.59. The van der Waals surface area contributed by atoms with Crippen LogP contribution in [-0.4, -0.2) is 64.3 Å². The molecule has 1 aromatic carbocycles. The summed E-state index contributed by atoms with van der Waals surface area (Å²) in [5, 5.41) is 3.05. The first-order valence-electron chi connectivity index (χ1n) is 8.43. The molecule has 0 atom stereocenters. The molecule has 23 heavy (non-hydrogen) atoms. The van der Waals surface area contributed by atoms with Crippen LogP contribution in [-0.2, 0) is 4.74 Å². The van der Waals surface area contributed by atoms with Crippen molar-refractivity contribution in [3.8, 4) is 0 Å². The fourth-order valence-corrected chi connectivity index (χ4v) is 2.88. The van der Waals surface area contributed by atoms with Gasteiger partial charge in [0, 0.05) is 45.5 Å². The molecule has 0 unspecified atom stereocenters. The van der Waals surface area contributed by atoms with E-state index >= 15 is 0 Å². The van der Waals surface area contributed by atoms with E-state index in [2.05, 4.69) is 27.2 Å². The number of hydrogen-bond acceptors (Lipinski definition) is 4. The first kappa shape index (κ1) is 17.8. The molecule has 5 heteroatoms. The zero-order valence-corrected chi connectivity index (χ0v) is 14.6. The zero-order chi connectivity index (χ0) is 16.7. The molecule has 1 heterocycles. The molecule has 0 aromatic heterocycles. The Morgan fingerprint density at radius 3 is 2.74 bits per heavy atom. The molecule has 1 fully saturated rings. The van der Waals surface area contributed by atoms with Gasteiger partial charge in [-0.1, -0.05) is 11.6 Å². The third kappa shape index (κ3) is 5.22. The van der Waals surface area contributed by atoms with Crippen molar-refractivity contribution >= 4 is 11.6 Å². The summed E-state index contributed by atoms with van der Waals surface area (Å²) in [5.74, 6) is 0.0238. The fourth-order valence-electron chi connectivity index (χ4n) is 2.88. The average Bonchev–Trinajstić information content (AvgIpc) is 3.07. The lowest BCUT2D eigenvalue weighted by atomic mass is 10.1. The van der Waals surface area contributed by atoms with Crippen LogP contribution in [0.1, 0.15) is 28.8 Å². The number of amides is 1. The number of nitrogens with zero attached hydrogens (tertiary/aromatic N) is 2. The summed E-state index contributed by atoms with van der Waals surface area (Å²) in [6, 6.07) is 6.17. The number of methoxy groups -OCH3 is 1. The summed E-state index contributed by atoms with van der Waals surface area (Å²) in [6.45, 7) is 7.17. The second kappa shape index (κ2) is 8.89. The van der Waals surface area contributed by atoms with Gasteiger partial charge in [0.2, 0.25) is 0 Å². The van der Waals surface area contributed by atoms with Crippen molar-refractivity contribution in [3.05, 3.63) is 29.3 Å². The molecule has 1 aromatic rings. The van der Waals surface area contributed by atoms with Crippen molar-refractivity contribution in [2.75, 3.05) is 58.4 Å². The quantitative estimate of drug-likeness (QED) is 0.795. The van der Waals surface area contributed by atoms with E-state index in [4.69, 9.17) is 4.74 Å². The number of carbonyl (C=O) groups is 1. The van der Waals surface area contributed by atoms with Gasteiger partial charge in [-0.15, -0.1) is 0 Å². The number of nitrogens with one attached hydrogen (secondary N) is 1. The second-order valence-electron chi connectivity index (χ2n) is 6.27. The maximum Gasteiger partial charge on any atom is 0.253 e. The molecule has 128 valence electrons. The van der Waals surface area contributed by atoms with Crippen molar-refractivity contribution in [2.24, 2.45) is 0 Å². The standard InChI is InChI=1S/C18H29N3O2/c1-15-6-7-17(21-9-4-5-10-21)16(14-15)18(22)19-8-11-20(2)12-13-23-3/h6-7,14H,4-5,8-13H2,1-3H3,(H,19,22). The van der Waals surface area contributed by atoms with Gasteiger partial charge < -0.3 is 19.9 Å². The highest BCUT2D eigenvalue weighted by Gasteiger charge is 2.19. The normalized spacial score (nSPS) is 14.5. The summed E-state index contributed by atoms with van der Waals surface area (Å²) in [4.78, 5) is 17.1. The Labute approximate surface area is 139 Å². The largest absolute Gasteiger partial charge is 0.383 e. The minimum atomic E-state index is 0.0238. The number of anilines is 1. The van der Waals surface area contributed by atoms with Crippen LogP contribution in [0, 0.1) is 6.92 Å². The van der Waals surface area contributed by atoms with Crippen LogP contribution in [0.3, 0.4) is 0 Å². The van der Waals surface area contributed by atoms with Gasteiger partial charge in [-0.2, -0.15) is 0 Å². The van der Waals surface area contributed by atoms with Gasteiger partial charge >= 0.3 is 0 Å². The molecule has 0 spiro atoms. The predicted octanol–water partition coefficient (Wildman–Crippen LogP) is 1.90. The molecular formula is C18H29N3O2. The number of aryl methyl sites for hydroxylation is 1. The number of benzene rings is 1. The molecular weight excluding hydrogens is 290 g/mol. The van der Waals surface area contributed by atoms with E-state index in [-0.39, 0.29) is 5.91 Å². The lowest BCUT2D eigenvalue weighted by Gasteiger charge is -2.22. The van der Waals surface area contributed by atoms with E-state index in [1.165, 1.54) is 12.8 Å². The fraction of sp³-hybridized carbons (Fsp3) is 0.611. The summed E-state index contributed by atoms with van der Waals surface area (Å²) < 4.78 is 5.06. The van der Waals surface area contributed by atoms with Gasteiger partial charge in [0.05, 0.1) is 12.2 Å². The van der Waals surface area contributed by atoms with Crippen LogP contribution in [0.5, 0.6) is 0 Å². The van der Waals surface area contributed by atoms with E-state index in [1.54, 1.807) is 7.11 Å². The number of hydrogen-bond donors (Lipinski definition) is 1. The van der Waals surface area contributed by atoms with Crippen LogP contribution in [0.4, 0.5) is 5.69 Å². The number of likely N-dealkylation sites (N-methyl/N-ethyl adjacent to an activating group) is 1. The van der Waals surface area contributed by atoms with Crippen LogP contribution in [0.2, 0.25) is 0 Å². The molecule has 0 bridgehead atoms. The van der Waals surface area contributed by atoms with Gasteiger partial charge in [-0.3, -0.25) is 4.79 Å². The van der Waals surface area contributed by atoms with Gasteiger partial charge in [0.25, 0.3) is 5.91 Å². The lowest BCUT2D eigenvalue weighted by Crippen LogP contribution is -2.35. The van der Waals surface area contributed by atoms with Crippen LogP contribution in [0.25, 0.3) is 0 Å². The highest BCUT2D eigenvalue weighted by atomic mass is 16.5. The molecule has 2 rings (SSSR count). The Morgan fingerprint density at radius 1 is 1.30 bits per heavy atom. The molecule has 1 aliphatic heterocycles. The maximum absolute atomic E-state index is 12.6. The Kier molecular flexibility index (Phi) is 6.86. The molecule has 1 N–H and O–H groups in total.